The number of aryl methyl sites for hydroxylation is 1. The molecular formula is C16H16FN3. The maximum Gasteiger partial charge on any atom is 0.127 e. The average molecular weight is 269 g/mol. The fourth-order valence-corrected chi connectivity index (χ4v) is 2.08. The molecule has 0 saturated carbocycles. The molecule has 0 fully saturated rings. The number of pyridine rings is 1. The first kappa shape index (κ1) is 14.0. The molecule has 0 bridgehead atoms. The molecule has 0 saturated heterocycles. The first-order valence-electron chi connectivity index (χ1n) is 6.46. The van der Waals surface area contributed by atoms with Crippen molar-refractivity contribution in [2.75, 3.05) is 5.32 Å². The summed E-state index contributed by atoms with van der Waals surface area (Å²) in [4.78, 5) is 4.36. The minimum absolute atomic E-state index is 0.140. The van der Waals surface area contributed by atoms with E-state index in [-0.39, 0.29) is 11.9 Å². The predicted molar refractivity (Wildman–Crippen MR) is 76.9 cm³/mol. The van der Waals surface area contributed by atoms with Gasteiger partial charge in [0.25, 0.3) is 0 Å². The number of anilines is 1. The molecule has 102 valence electrons. The van der Waals surface area contributed by atoms with Gasteiger partial charge in [0.2, 0.25) is 0 Å². The highest BCUT2D eigenvalue weighted by atomic mass is 19.1. The number of benzene rings is 1. The molecule has 0 radical (unpaired) electrons. The van der Waals surface area contributed by atoms with Gasteiger partial charge < -0.3 is 5.32 Å². The first-order valence-corrected chi connectivity index (χ1v) is 6.46. The highest BCUT2D eigenvalue weighted by molar-refractivity contribution is 5.45. The molecule has 1 aromatic heterocycles. The molecule has 1 heterocycles. The molecule has 2 aromatic rings. The third-order valence-corrected chi connectivity index (χ3v) is 2.93. The van der Waals surface area contributed by atoms with Gasteiger partial charge in [0.15, 0.2) is 0 Å². The van der Waals surface area contributed by atoms with Gasteiger partial charge in [-0.15, -0.1) is 0 Å². The van der Waals surface area contributed by atoms with Crippen molar-refractivity contribution in [1.29, 1.82) is 5.26 Å². The summed E-state index contributed by atoms with van der Waals surface area (Å²) in [5, 5.41) is 12.2. The minimum Gasteiger partial charge on any atom is -0.367 e. The van der Waals surface area contributed by atoms with Crippen molar-refractivity contribution in [1.82, 2.24) is 4.98 Å². The van der Waals surface area contributed by atoms with Gasteiger partial charge in [0, 0.05) is 11.7 Å². The molecule has 20 heavy (non-hydrogen) atoms. The van der Waals surface area contributed by atoms with Crippen LogP contribution in [0.25, 0.3) is 0 Å². The van der Waals surface area contributed by atoms with E-state index in [1.165, 1.54) is 12.1 Å². The topological polar surface area (TPSA) is 48.7 Å². The Balaban J connectivity index is 2.04. The molecule has 1 atom stereocenters. The van der Waals surface area contributed by atoms with Crippen molar-refractivity contribution in [3.8, 4) is 6.07 Å². The van der Waals surface area contributed by atoms with E-state index in [1.807, 2.05) is 13.8 Å². The maximum atomic E-state index is 12.8. The van der Waals surface area contributed by atoms with Crippen LogP contribution in [0.2, 0.25) is 0 Å². The number of rotatable bonds is 4. The van der Waals surface area contributed by atoms with Crippen LogP contribution in [0.4, 0.5) is 10.2 Å². The summed E-state index contributed by atoms with van der Waals surface area (Å²) in [6.07, 6.45) is 0.762. The third kappa shape index (κ3) is 3.79. The SMILES string of the molecule is Cc1cc(C#N)cc(NC(C)Cc2ccc(F)cc2)n1. The molecular weight excluding hydrogens is 253 g/mol. The lowest BCUT2D eigenvalue weighted by Crippen LogP contribution is -2.19. The van der Waals surface area contributed by atoms with Crippen LogP contribution in [0.1, 0.15) is 23.7 Å². The van der Waals surface area contributed by atoms with E-state index in [0.717, 1.165) is 17.7 Å². The zero-order valence-corrected chi connectivity index (χ0v) is 11.5. The monoisotopic (exact) mass is 269 g/mol. The standard InChI is InChI=1S/C16H16FN3/c1-11(7-13-3-5-15(17)6-4-13)19-16-9-14(10-18)8-12(2)20-16/h3-6,8-9,11H,7H2,1-2H3,(H,19,20). The Morgan fingerprint density at radius 1 is 1.30 bits per heavy atom. The molecule has 1 N–H and O–H groups in total. The van der Waals surface area contributed by atoms with Crippen molar-refractivity contribution >= 4 is 5.82 Å². The molecule has 0 aliphatic carbocycles. The number of nitriles is 1. The van der Waals surface area contributed by atoms with Crippen LogP contribution >= 0.6 is 0 Å². The molecule has 1 unspecified atom stereocenters. The Hall–Kier alpha value is -2.41. The molecule has 0 amide bonds. The van der Waals surface area contributed by atoms with Gasteiger partial charge in [-0.05, 0) is 50.1 Å². The number of nitrogens with zero attached hydrogens (tertiary/aromatic N) is 2. The number of halogens is 1. The summed E-state index contributed by atoms with van der Waals surface area (Å²) < 4.78 is 12.8. The zero-order chi connectivity index (χ0) is 14.5. The number of hydrogen-bond donors (Lipinski definition) is 1. The van der Waals surface area contributed by atoms with E-state index in [9.17, 15) is 4.39 Å². The number of nitrogens with one attached hydrogen (secondary N) is 1. The summed E-state index contributed by atoms with van der Waals surface area (Å²) in [5.74, 6) is 0.463. The van der Waals surface area contributed by atoms with E-state index in [0.29, 0.717) is 11.4 Å². The Kier molecular flexibility index (Phi) is 4.31. The van der Waals surface area contributed by atoms with E-state index in [2.05, 4.69) is 16.4 Å². The van der Waals surface area contributed by atoms with E-state index in [1.54, 1.807) is 24.3 Å². The van der Waals surface area contributed by atoms with Crippen LogP contribution in [0, 0.1) is 24.1 Å². The summed E-state index contributed by atoms with van der Waals surface area (Å²) in [6.45, 7) is 3.88. The van der Waals surface area contributed by atoms with Crippen molar-refractivity contribution < 1.29 is 4.39 Å². The van der Waals surface area contributed by atoms with Crippen LogP contribution < -0.4 is 5.32 Å². The van der Waals surface area contributed by atoms with Gasteiger partial charge >= 0.3 is 0 Å². The second kappa shape index (κ2) is 6.16. The molecule has 0 aliphatic rings. The van der Waals surface area contributed by atoms with Crippen molar-refractivity contribution in [3.05, 3.63) is 59.0 Å². The minimum atomic E-state index is -0.228. The van der Waals surface area contributed by atoms with Crippen LogP contribution in [-0.2, 0) is 6.42 Å². The van der Waals surface area contributed by atoms with Gasteiger partial charge in [-0.25, -0.2) is 9.37 Å². The average Bonchev–Trinajstić information content (AvgIpc) is 2.40. The van der Waals surface area contributed by atoms with Crippen LogP contribution in [0.3, 0.4) is 0 Å². The van der Waals surface area contributed by atoms with Gasteiger partial charge in [-0.1, -0.05) is 12.1 Å². The first-order chi connectivity index (χ1) is 9.56. The zero-order valence-electron chi connectivity index (χ0n) is 11.5. The van der Waals surface area contributed by atoms with Crippen LogP contribution in [0.5, 0.6) is 0 Å². The predicted octanol–water partition coefficient (Wildman–Crippen LogP) is 3.44. The van der Waals surface area contributed by atoms with Crippen LogP contribution in [0.15, 0.2) is 36.4 Å². The van der Waals surface area contributed by atoms with Crippen molar-refractivity contribution in [2.24, 2.45) is 0 Å². The summed E-state index contributed by atoms with van der Waals surface area (Å²) in [7, 11) is 0. The van der Waals surface area contributed by atoms with Gasteiger partial charge in [-0.2, -0.15) is 5.26 Å². The largest absolute Gasteiger partial charge is 0.367 e. The molecule has 2 rings (SSSR count). The maximum absolute atomic E-state index is 12.8. The lowest BCUT2D eigenvalue weighted by molar-refractivity contribution is 0.626. The summed E-state index contributed by atoms with van der Waals surface area (Å²) in [6, 6.07) is 12.2. The van der Waals surface area contributed by atoms with E-state index in [4.69, 9.17) is 5.26 Å². The highest BCUT2D eigenvalue weighted by Crippen LogP contribution is 2.13. The Morgan fingerprint density at radius 3 is 2.65 bits per heavy atom. The van der Waals surface area contributed by atoms with Crippen molar-refractivity contribution in [3.63, 3.8) is 0 Å². The molecule has 0 spiro atoms. The molecule has 1 aromatic carbocycles. The van der Waals surface area contributed by atoms with Crippen molar-refractivity contribution in [2.45, 2.75) is 26.3 Å². The fourth-order valence-electron chi connectivity index (χ4n) is 2.08. The molecule has 0 aliphatic heterocycles. The van der Waals surface area contributed by atoms with Gasteiger partial charge in [-0.3, -0.25) is 0 Å². The Bertz CT molecular complexity index is 629. The number of aromatic nitrogens is 1. The lowest BCUT2D eigenvalue weighted by Gasteiger charge is -2.15. The van der Waals surface area contributed by atoms with Gasteiger partial charge in [0.1, 0.15) is 11.6 Å². The van der Waals surface area contributed by atoms with Crippen LogP contribution in [-0.4, -0.2) is 11.0 Å². The number of hydrogen-bond acceptors (Lipinski definition) is 3. The quantitative estimate of drug-likeness (QED) is 0.924. The Morgan fingerprint density at radius 2 is 2.00 bits per heavy atom. The smallest absolute Gasteiger partial charge is 0.127 e. The summed E-state index contributed by atoms with van der Waals surface area (Å²) >= 11 is 0. The highest BCUT2D eigenvalue weighted by Gasteiger charge is 2.06. The fraction of sp³-hybridized carbons (Fsp3) is 0.250. The third-order valence-electron chi connectivity index (χ3n) is 2.93. The second-order valence-corrected chi connectivity index (χ2v) is 4.87. The van der Waals surface area contributed by atoms with E-state index < -0.39 is 0 Å². The Labute approximate surface area is 118 Å². The lowest BCUT2D eigenvalue weighted by atomic mass is 10.1. The normalized spacial score (nSPS) is 11.7. The second-order valence-electron chi connectivity index (χ2n) is 4.87. The molecule has 3 nitrogen and oxygen atoms in total. The summed E-state index contributed by atoms with van der Waals surface area (Å²) in [5.41, 5.74) is 2.45. The van der Waals surface area contributed by atoms with E-state index >= 15 is 0 Å². The van der Waals surface area contributed by atoms with Gasteiger partial charge in [0.05, 0.1) is 11.6 Å². The molecule has 4 heteroatoms.